The van der Waals surface area contributed by atoms with Crippen LogP contribution < -0.4 is 14.2 Å². The summed E-state index contributed by atoms with van der Waals surface area (Å²) in [5.41, 5.74) is 1.46. The second-order valence-electron chi connectivity index (χ2n) is 5.78. The minimum atomic E-state index is -0.241. The van der Waals surface area contributed by atoms with Gasteiger partial charge < -0.3 is 14.2 Å². The number of benzene rings is 2. The molecule has 0 N–H and O–H groups in total. The van der Waals surface area contributed by atoms with Gasteiger partial charge in [0.15, 0.2) is 11.5 Å². The maximum atomic E-state index is 13.1. The van der Waals surface area contributed by atoms with Crippen molar-refractivity contribution in [3.05, 3.63) is 59.4 Å². The van der Waals surface area contributed by atoms with E-state index in [2.05, 4.69) is 11.1 Å². The van der Waals surface area contributed by atoms with E-state index < -0.39 is 0 Å². The van der Waals surface area contributed by atoms with Crippen LogP contribution in [0.25, 0.3) is 10.8 Å². The van der Waals surface area contributed by atoms with Gasteiger partial charge in [0.05, 0.1) is 33.8 Å². The molecular formula is C21H18N2O4. The van der Waals surface area contributed by atoms with Crippen LogP contribution in [0.3, 0.4) is 0 Å². The Morgan fingerprint density at radius 2 is 1.74 bits per heavy atom. The number of carbonyl (C=O) groups excluding carboxylic acids is 1. The lowest BCUT2D eigenvalue weighted by atomic mass is 9.98. The summed E-state index contributed by atoms with van der Waals surface area (Å²) < 4.78 is 15.9. The van der Waals surface area contributed by atoms with Crippen molar-refractivity contribution in [2.75, 3.05) is 21.3 Å². The average molecular weight is 362 g/mol. The Balaban J connectivity index is 2.25. The number of ketones is 1. The van der Waals surface area contributed by atoms with Gasteiger partial charge >= 0.3 is 0 Å². The molecule has 1 heterocycles. The van der Waals surface area contributed by atoms with E-state index in [9.17, 15) is 4.79 Å². The number of ether oxygens (including phenoxy) is 3. The summed E-state index contributed by atoms with van der Waals surface area (Å²) in [6, 6.07) is 12.5. The molecular weight excluding hydrogens is 344 g/mol. The molecule has 0 unspecified atom stereocenters. The number of aromatic nitrogens is 1. The van der Waals surface area contributed by atoms with Crippen LogP contribution in [0.4, 0.5) is 0 Å². The van der Waals surface area contributed by atoms with E-state index in [-0.39, 0.29) is 17.9 Å². The highest BCUT2D eigenvalue weighted by Crippen LogP contribution is 2.35. The van der Waals surface area contributed by atoms with Gasteiger partial charge in [-0.1, -0.05) is 12.1 Å². The third kappa shape index (κ3) is 3.40. The standard InChI is InChI=1S/C21H18N2O4/c1-25-15-6-4-5-13(9-15)21(24)20-17-11-19(27-3)18(26-2)10-16(17)14(7-8-22)12-23-20/h4-6,9-12H,7H2,1-3H3. The molecule has 0 spiro atoms. The predicted octanol–water partition coefficient (Wildman–Crippen LogP) is 3.56. The highest BCUT2D eigenvalue weighted by molar-refractivity contribution is 6.15. The predicted molar refractivity (Wildman–Crippen MR) is 101 cm³/mol. The molecule has 0 aliphatic carbocycles. The molecule has 2 aromatic carbocycles. The normalized spacial score (nSPS) is 10.3. The number of pyridine rings is 1. The molecule has 136 valence electrons. The molecule has 0 aliphatic heterocycles. The number of fused-ring (bicyclic) bond motifs is 1. The molecule has 27 heavy (non-hydrogen) atoms. The fourth-order valence-electron chi connectivity index (χ4n) is 2.93. The maximum Gasteiger partial charge on any atom is 0.212 e. The van der Waals surface area contributed by atoms with Gasteiger partial charge in [0.2, 0.25) is 5.78 Å². The van der Waals surface area contributed by atoms with Gasteiger partial charge in [-0.3, -0.25) is 9.78 Å². The lowest BCUT2D eigenvalue weighted by molar-refractivity contribution is 0.103. The van der Waals surface area contributed by atoms with E-state index >= 15 is 0 Å². The van der Waals surface area contributed by atoms with E-state index in [1.807, 2.05) is 0 Å². The van der Waals surface area contributed by atoms with Crippen LogP contribution in [0.2, 0.25) is 0 Å². The summed E-state index contributed by atoms with van der Waals surface area (Å²) in [7, 11) is 4.61. The van der Waals surface area contributed by atoms with Gasteiger partial charge in [-0.2, -0.15) is 5.26 Å². The van der Waals surface area contributed by atoms with E-state index in [0.717, 1.165) is 10.9 Å². The lowest BCUT2D eigenvalue weighted by Crippen LogP contribution is -2.07. The Morgan fingerprint density at radius 3 is 2.37 bits per heavy atom. The Bertz CT molecular complexity index is 1050. The van der Waals surface area contributed by atoms with Gasteiger partial charge in [0, 0.05) is 17.1 Å². The zero-order chi connectivity index (χ0) is 19.4. The van der Waals surface area contributed by atoms with Gasteiger partial charge in [0.1, 0.15) is 11.4 Å². The number of hydrogen-bond acceptors (Lipinski definition) is 6. The number of methoxy groups -OCH3 is 3. The van der Waals surface area contributed by atoms with E-state index in [1.54, 1.807) is 49.7 Å². The quantitative estimate of drug-likeness (QED) is 0.624. The second-order valence-corrected chi connectivity index (χ2v) is 5.78. The minimum Gasteiger partial charge on any atom is -0.497 e. The largest absolute Gasteiger partial charge is 0.497 e. The first-order chi connectivity index (χ1) is 13.1. The summed E-state index contributed by atoms with van der Waals surface area (Å²) in [6.45, 7) is 0. The monoisotopic (exact) mass is 362 g/mol. The molecule has 3 aromatic rings. The molecule has 0 radical (unpaired) electrons. The molecule has 0 bridgehead atoms. The molecule has 3 rings (SSSR count). The molecule has 0 saturated heterocycles. The Hall–Kier alpha value is -3.59. The van der Waals surface area contributed by atoms with Crippen LogP contribution in [-0.2, 0) is 6.42 Å². The third-order valence-corrected chi connectivity index (χ3v) is 4.29. The first-order valence-electron chi connectivity index (χ1n) is 8.22. The van der Waals surface area contributed by atoms with Crippen LogP contribution >= 0.6 is 0 Å². The van der Waals surface area contributed by atoms with Crippen molar-refractivity contribution in [1.82, 2.24) is 4.98 Å². The first kappa shape index (κ1) is 18.2. The van der Waals surface area contributed by atoms with Crippen LogP contribution in [0.15, 0.2) is 42.6 Å². The van der Waals surface area contributed by atoms with Crippen molar-refractivity contribution in [3.8, 4) is 23.3 Å². The Morgan fingerprint density at radius 1 is 1.04 bits per heavy atom. The van der Waals surface area contributed by atoms with Crippen molar-refractivity contribution < 1.29 is 19.0 Å². The zero-order valence-corrected chi connectivity index (χ0v) is 15.3. The van der Waals surface area contributed by atoms with Gasteiger partial charge in [-0.15, -0.1) is 0 Å². The first-order valence-corrected chi connectivity index (χ1v) is 8.22. The smallest absolute Gasteiger partial charge is 0.212 e. The summed E-state index contributed by atoms with van der Waals surface area (Å²) in [6.07, 6.45) is 1.73. The van der Waals surface area contributed by atoms with Crippen molar-refractivity contribution in [1.29, 1.82) is 5.26 Å². The van der Waals surface area contributed by atoms with Gasteiger partial charge in [-0.25, -0.2) is 0 Å². The van der Waals surface area contributed by atoms with Gasteiger partial charge in [0.25, 0.3) is 0 Å². The molecule has 1 aromatic heterocycles. The van der Waals surface area contributed by atoms with Crippen LogP contribution in [-0.4, -0.2) is 32.1 Å². The van der Waals surface area contributed by atoms with Crippen LogP contribution in [0.5, 0.6) is 17.2 Å². The summed E-state index contributed by atoms with van der Waals surface area (Å²) in [4.78, 5) is 17.4. The Labute approximate surface area is 156 Å². The number of hydrogen-bond donors (Lipinski definition) is 0. The number of rotatable bonds is 6. The fraction of sp³-hybridized carbons (Fsp3) is 0.190. The van der Waals surface area contributed by atoms with Crippen LogP contribution in [0.1, 0.15) is 21.6 Å². The van der Waals surface area contributed by atoms with E-state index in [4.69, 9.17) is 19.5 Å². The second kappa shape index (κ2) is 7.75. The number of nitriles is 1. The SMILES string of the molecule is COc1cccc(C(=O)c2ncc(CC#N)c3cc(OC)c(OC)cc23)c1. The number of nitrogens with zero attached hydrogens (tertiary/aromatic N) is 2. The van der Waals surface area contributed by atoms with Crippen LogP contribution in [0, 0.1) is 11.3 Å². The van der Waals surface area contributed by atoms with Crippen molar-refractivity contribution in [2.45, 2.75) is 6.42 Å². The fourth-order valence-corrected chi connectivity index (χ4v) is 2.93. The third-order valence-electron chi connectivity index (χ3n) is 4.29. The van der Waals surface area contributed by atoms with Crippen molar-refractivity contribution in [3.63, 3.8) is 0 Å². The van der Waals surface area contributed by atoms with E-state index in [1.165, 1.54) is 14.2 Å². The highest BCUT2D eigenvalue weighted by Gasteiger charge is 2.19. The maximum absolute atomic E-state index is 13.1. The Kier molecular flexibility index (Phi) is 5.23. The van der Waals surface area contributed by atoms with Crippen molar-refractivity contribution in [2.24, 2.45) is 0 Å². The van der Waals surface area contributed by atoms with E-state index in [0.29, 0.717) is 28.2 Å². The summed E-state index contributed by atoms with van der Waals surface area (Å²) in [5, 5.41) is 10.4. The molecule has 0 amide bonds. The average Bonchev–Trinajstić information content (AvgIpc) is 2.72. The minimum absolute atomic E-state index is 0.173. The lowest BCUT2D eigenvalue weighted by Gasteiger charge is -2.13. The highest BCUT2D eigenvalue weighted by atomic mass is 16.5. The topological polar surface area (TPSA) is 81.4 Å². The molecule has 0 aliphatic rings. The zero-order valence-electron chi connectivity index (χ0n) is 15.3. The summed E-state index contributed by atoms with van der Waals surface area (Å²) >= 11 is 0. The molecule has 6 nitrogen and oxygen atoms in total. The van der Waals surface area contributed by atoms with Gasteiger partial charge in [-0.05, 0) is 35.2 Å². The molecule has 0 fully saturated rings. The number of carbonyl (C=O) groups is 1. The summed E-state index contributed by atoms with van der Waals surface area (Å²) in [5.74, 6) is 1.36. The molecule has 0 saturated carbocycles. The molecule has 6 heteroatoms. The molecule has 0 atom stereocenters. The van der Waals surface area contributed by atoms with Crippen molar-refractivity contribution >= 4 is 16.6 Å².